The van der Waals surface area contributed by atoms with E-state index in [9.17, 15) is 20.2 Å². The van der Waals surface area contributed by atoms with Crippen molar-refractivity contribution in [2.24, 2.45) is 5.92 Å². The fourth-order valence-corrected chi connectivity index (χ4v) is 1.68. The molecule has 0 heterocycles. The summed E-state index contributed by atoms with van der Waals surface area (Å²) in [5.41, 5.74) is 4.22. The van der Waals surface area contributed by atoms with Crippen LogP contribution in [0, 0.1) is 38.0 Å². The quantitative estimate of drug-likeness (QED) is 0.393. The van der Waals surface area contributed by atoms with Crippen molar-refractivity contribution >= 4 is 17.1 Å². The summed E-state index contributed by atoms with van der Waals surface area (Å²) in [4.78, 5) is 20.2. The lowest BCUT2D eigenvalue weighted by Gasteiger charge is -2.02. The van der Waals surface area contributed by atoms with Gasteiger partial charge in [0, 0.05) is 23.6 Å². The van der Waals surface area contributed by atoms with Gasteiger partial charge in [-0.25, -0.2) is 0 Å². The summed E-state index contributed by atoms with van der Waals surface area (Å²) in [5, 5.41) is 21.7. The number of hydrogen-bond acceptors (Lipinski definition) is 5. The Morgan fingerprint density at radius 2 is 1.60 bits per heavy atom. The van der Waals surface area contributed by atoms with Crippen LogP contribution in [-0.4, -0.2) is 9.85 Å². The monoisotopic (exact) mass is 277 g/mol. The zero-order valence-electron chi connectivity index (χ0n) is 11.3. The Morgan fingerprint density at radius 1 is 1.15 bits per heavy atom. The molecule has 0 saturated heterocycles. The Morgan fingerprint density at radius 3 is 1.95 bits per heavy atom. The molecule has 0 saturated carbocycles. The van der Waals surface area contributed by atoms with Gasteiger partial charge in [-0.1, -0.05) is 25.7 Å². The van der Waals surface area contributed by atoms with E-state index < -0.39 is 26.9 Å². The van der Waals surface area contributed by atoms with Crippen molar-refractivity contribution in [2.45, 2.75) is 26.7 Å². The van der Waals surface area contributed by atoms with Gasteiger partial charge >= 0.3 is 0 Å². The molecule has 0 aromatic heterocycles. The van der Waals surface area contributed by atoms with Crippen LogP contribution in [0.2, 0.25) is 0 Å². The van der Waals surface area contributed by atoms with Crippen molar-refractivity contribution in [3.8, 4) is 11.8 Å². The largest absolute Gasteiger partial charge is 0.387 e. The second-order valence-electron chi connectivity index (χ2n) is 4.23. The molecule has 0 radical (unpaired) electrons. The maximum atomic E-state index is 10.9. The van der Waals surface area contributed by atoms with Gasteiger partial charge in [0.15, 0.2) is 5.69 Å². The van der Waals surface area contributed by atoms with Crippen LogP contribution in [0.15, 0.2) is 12.1 Å². The molecule has 1 aromatic carbocycles. The van der Waals surface area contributed by atoms with Gasteiger partial charge in [0.1, 0.15) is 0 Å². The first-order chi connectivity index (χ1) is 9.40. The minimum absolute atomic E-state index is 0.158. The van der Waals surface area contributed by atoms with E-state index in [0.717, 1.165) is 25.0 Å². The molecule has 0 atom stereocenters. The summed E-state index contributed by atoms with van der Waals surface area (Å²) in [6.07, 6.45) is 1.70. The third-order valence-electron chi connectivity index (χ3n) is 2.94. The molecule has 0 aliphatic rings. The molecule has 0 fully saturated rings. The lowest BCUT2D eigenvalue weighted by Crippen LogP contribution is -2.01. The number of nitro benzene ring substituents is 2. The number of nitrogens with zero attached hydrogens (tertiary/aromatic N) is 2. The van der Waals surface area contributed by atoms with Crippen LogP contribution in [0.3, 0.4) is 0 Å². The number of nitrogens with two attached hydrogens (primary N) is 1. The van der Waals surface area contributed by atoms with Crippen LogP contribution in [0.25, 0.3) is 0 Å². The Kier molecular flexibility index (Phi) is 5.03. The molecule has 1 aromatic rings. The van der Waals surface area contributed by atoms with E-state index in [-0.39, 0.29) is 11.5 Å². The molecule has 0 amide bonds. The molecule has 20 heavy (non-hydrogen) atoms. The first-order valence-electron chi connectivity index (χ1n) is 6.14. The maximum absolute atomic E-state index is 10.9. The lowest BCUT2D eigenvalue weighted by molar-refractivity contribution is -0.392. The number of anilines is 1. The van der Waals surface area contributed by atoms with Crippen molar-refractivity contribution in [3.63, 3.8) is 0 Å². The Bertz CT molecular complexity index is 562. The van der Waals surface area contributed by atoms with Crippen LogP contribution in [0.1, 0.15) is 32.3 Å². The van der Waals surface area contributed by atoms with Crippen LogP contribution in [-0.2, 0) is 0 Å². The second kappa shape index (κ2) is 6.52. The number of rotatable bonds is 4. The Hall–Kier alpha value is -2.62. The van der Waals surface area contributed by atoms with Crippen LogP contribution in [0.5, 0.6) is 0 Å². The predicted octanol–water partition coefficient (Wildman–Crippen LogP) is 2.87. The predicted molar refractivity (Wildman–Crippen MR) is 75.1 cm³/mol. The smallest absolute Gasteiger partial charge is 0.300 e. The number of hydrogen-bond donors (Lipinski definition) is 1. The summed E-state index contributed by atoms with van der Waals surface area (Å²) < 4.78 is 0. The summed E-state index contributed by atoms with van der Waals surface area (Å²) in [7, 11) is 0. The topological polar surface area (TPSA) is 112 Å². The van der Waals surface area contributed by atoms with E-state index in [0.29, 0.717) is 0 Å². The minimum atomic E-state index is -0.745. The number of benzene rings is 1. The summed E-state index contributed by atoms with van der Waals surface area (Å²) >= 11 is 0. The minimum Gasteiger partial charge on any atom is -0.387 e. The zero-order valence-corrected chi connectivity index (χ0v) is 11.3. The van der Waals surface area contributed by atoms with Gasteiger partial charge in [-0.15, -0.1) is 0 Å². The average Bonchev–Trinajstić information content (AvgIpc) is 2.40. The van der Waals surface area contributed by atoms with E-state index in [1.54, 1.807) is 0 Å². The third kappa shape index (κ3) is 3.45. The van der Waals surface area contributed by atoms with E-state index in [4.69, 9.17) is 5.73 Å². The van der Waals surface area contributed by atoms with Gasteiger partial charge in [-0.2, -0.15) is 0 Å². The molecule has 0 aliphatic heterocycles. The first kappa shape index (κ1) is 15.4. The van der Waals surface area contributed by atoms with E-state index in [2.05, 4.69) is 11.8 Å². The highest BCUT2D eigenvalue weighted by Crippen LogP contribution is 2.32. The SMILES string of the molecule is CCC(C#Cc1cc([N+](=O)[O-])c(N)c([N+](=O)[O-])c1)CC. The highest BCUT2D eigenvalue weighted by Gasteiger charge is 2.23. The molecule has 7 nitrogen and oxygen atoms in total. The Balaban J connectivity index is 3.35. The van der Waals surface area contributed by atoms with Crippen LogP contribution >= 0.6 is 0 Å². The molecule has 0 bridgehead atoms. The molecule has 1 rings (SSSR count). The zero-order chi connectivity index (χ0) is 15.3. The number of nitro groups is 2. The van der Waals surface area contributed by atoms with Crippen molar-refractivity contribution in [2.75, 3.05) is 5.73 Å². The molecule has 106 valence electrons. The summed E-state index contributed by atoms with van der Waals surface area (Å²) in [6.45, 7) is 3.97. The molecule has 0 unspecified atom stereocenters. The molecule has 7 heteroatoms. The second-order valence-corrected chi connectivity index (χ2v) is 4.23. The van der Waals surface area contributed by atoms with E-state index >= 15 is 0 Å². The molecular weight excluding hydrogens is 262 g/mol. The highest BCUT2D eigenvalue weighted by atomic mass is 16.6. The maximum Gasteiger partial charge on any atom is 0.300 e. The van der Waals surface area contributed by atoms with Crippen molar-refractivity contribution in [1.82, 2.24) is 0 Å². The molecule has 0 aliphatic carbocycles. The third-order valence-corrected chi connectivity index (χ3v) is 2.94. The highest BCUT2D eigenvalue weighted by molar-refractivity contribution is 5.73. The standard InChI is InChI=1S/C13H15N3O4/c1-3-9(4-2)5-6-10-7-11(15(17)18)13(14)12(8-10)16(19)20/h7-9H,3-4,14H2,1-2H3. The van der Waals surface area contributed by atoms with Crippen molar-refractivity contribution < 1.29 is 9.85 Å². The number of nitrogen functional groups attached to an aromatic ring is 1. The summed E-state index contributed by atoms with van der Waals surface area (Å²) in [5.74, 6) is 5.86. The van der Waals surface area contributed by atoms with Gasteiger partial charge in [0.05, 0.1) is 9.85 Å². The first-order valence-corrected chi connectivity index (χ1v) is 6.14. The van der Waals surface area contributed by atoms with Gasteiger partial charge in [0.25, 0.3) is 11.4 Å². The average molecular weight is 277 g/mol. The van der Waals surface area contributed by atoms with Crippen molar-refractivity contribution in [3.05, 3.63) is 37.9 Å². The van der Waals surface area contributed by atoms with Crippen LogP contribution in [0.4, 0.5) is 17.1 Å². The van der Waals surface area contributed by atoms with Gasteiger partial charge in [-0.3, -0.25) is 20.2 Å². The fourth-order valence-electron chi connectivity index (χ4n) is 1.68. The molecular formula is C13H15N3O4. The van der Waals surface area contributed by atoms with E-state index in [1.165, 1.54) is 0 Å². The van der Waals surface area contributed by atoms with Crippen molar-refractivity contribution in [1.29, 1.82) is 0 Å². The van der Waals surface area contributed by atoms with Gasteiger partial charge < -0.3 is 5.73 Å². The molecule has 2 N–H and O–H groups in total. The van der Waals surface area contributed by atoms with Gasteiger partial charge in [-0.05, 0) is 12.8 Å². The van der Waals surface area contributed by atoms with Gasteiger partial charge in [0.2, 0.25) is 0 Å². The van der Waals surface area contributed by atoms with E-state index in [1.807, 2.05) is 13.8 Å². The summed E-state index contributed by atoms with van der Waals surface area (Å²) in [6, 6.07) is 2.33. The van der Waals surface area contributed by atoms with Crippen LogP contribution < -0.4 is 5.73 Å². The fraction of sp³-hybridized carbons (Fsp3) is 0.385. The normalized spacial score (nSPS) is 9.95. The lowest BCUT2D eigenvalue weighted by atomic mass is 10.0. The Labute approximate surface area is 116 Å². The molecule has 0 spiro atoms.